The Morgan fingerprint density at radius 3 is 2.68 bits per heavy atom. The number of methoxy groups -OCH3 is 1. The minimum atomic E-state index is -0.384. The van der Waals surface area contributed by atoms with E-state index in [9.17, 15) is 4.39 Å². The number of nitrogens with one attached hydrogen (secondary N) is 1. The summed E-state index contributed by atoms with van der Waals surface area (Å²) in [4.78, 5) is 12.9. The maximum Gasteiger partial charge on any atom is 0.145 e. The van der Waals surface area contributed by atoms with Gasteiger partial charge in [0.1, 0.15) is 35.4 Å². The van der Waals surface area contributed by atoms with Crippen molar-refractivity contribution in [3.63, 3.8) is 0 Å². The average Bonchev–Trinajstić information content (AvgIpc) is 3.14. The van der Waals surface area contributed by atoms with E-state index in [4.69, 9.17) is 4.74 Å². The van der Waals surface area contributed by atoms with E-state index in [0.717, 1.165) is 16.6 Å². The third kappa shape index (κ3) is 3.36. The number of aryl methyl sites for hydroxylation is 1. The van der Waals surface area contributed by atoms with Gasteiger partial charge in [0.05, 0.1) is 24.7 Å². The Labute approximate surface area is 161 Å². The second-order valence-corrected chi connectivity index (χ2v) is 6.42. The van der Waals surface area contributed by atoms with Crippen molar-refractivity contribution < 1.29 is 9.13 Å². The summed E-state index contributed by atoms with van der Waals surface area (Å²) in [7, 11) is 1.58. The smallest absolute Gasteiger partial charge is 0.145 e. The van der Waals surface area contributed by atoms with Crippen LogP contribution >= 0.6 is 0 Å². The van der Waals surface area contributed by atoms with E-state index in [1.54, 1.807) is 13.2 Å². The number of pyridine rings is 1. The van der Waals surface area contributed by atoms with Crippen molar-refractivity contribution in [2.45, 2.75) is 20.0 Å². The molecule has 0 unspecified atom stereocenters. The van der Waals surface area contributed by atoms with E-state index >= 15 is 0 Å². The molecule has 1 atom stereocenters. The Morgan fingerprint density at radius 2 is 2.00 bits per heavy atom. The van der Waals surface area contributed by atoms with Crippen LogP contribution in [0.2, 0.25) is 0 Å². The van der Waals surface area contributed by atoms with Gasteiger partial charge in [0.2, 0.25) is 0 Å². The Hall–Kier alpha value is -3.55. The summed E-state index contributed by atoms with van der Waals surface area (Å²) in [5, 5.41) is 8.58. The molecular formula is C20H19FN6O. The van der Waals surface area contributed by atoms with Gasteiger partial charge in [0.15, 0.2) is 0 Å². The van der Waals surface area contributed by atoms with Crippen LogP contribution in [0, 0.1) is 12.7 Å². The van der Waals surface area contributed by atoms with E-state index in [2.05, 4.69) is 25.4 Å². The topological polar surface area (TPSA) is 77.8 Å². The number of anilines is 1. The van der Waals surface area contributed by atoms with Crippen LogP contribution in [-0.4, -0.2) is 31.8 Å². The van der Waals surface area contributed by atoms with Gasteiger partial charge in [-0.2, -0.15) is 5.10 Å². The third-order valence-corrected chi connectivity index (χ3v) is 4.43. The molecule has 3 aromatic heterocycles. The third-order valence-electron chi connectivity index (χ3n) is 4.43. The predicted octanol–water partition coefficient (Wildman–Crippen LogP) is 3.98. The number of hydrogen-bond acceptors (Lipinski definition) is 6. The zero-order valence-corrected chi connectivity index (χ0v) is 15.7. The van der Waals surface area contributed by atoms with Crippen molar-refractivity contribution in [3.05, 3.63) is 60.6 Å². The average molecular weight is 378 g/mol. The van der Waals surface area contributed by atoms with E-state index in [0.29, 0.717) is 22.8 Å². The van der Waals surface area contributed by atoms with Gasteiger partial charge in [0, 0.05) is 17.1 Å². The summed E-state index contributed by atoms with van der Waals surface area (Å²) in [6.45, 7) is 3.93. The first-order chi connectivity index (χ1) is 13.5. The Kier molecular flexibility index (Phi) is 4.60. The van der Waals surface area contributed by atoms with Gasteiger partial charge in [-0.15, -0.1) is 0 Å². The summed E-state index contributed by atoms with van der Waals surface area (Å²) in [5.41, 5.74) is 3.03. The van der Waals surface area contributed by atoms with Crippen LogP contribution in [0.25, 0.3) is 22.2 Å². The van der Waals surface area contributed by atoms with Crippen molar-refractivity contribution in [1.82, 2.24) is 24.7 Å². The lowest BCUT2D eigenvalue weighted by molar-refractivity contribution is 0.419. The number of ether oxygens (including phenoxy) is 1. The maximum absolute atomic E-state index is 13.2. The second-order valence-electron chi connectivity index (χ2n) is 6.42. The highest BCUT2D eigenvalue weighted by atomic mass is 19.1. The maximum atomic E-state index is 13.2. The zero-order chi connectivity index (χ0) is 19.7. The van der Waals surface area contributed by atoms with Crippen LogP contribution in [0.15, 0.2) is 49.1 Å². The molecule has 0 saturated carbocycles. The van der Waals surface area contributed by atoms with Gasteiger partial charge in [-0.05, 0) is 44.2 Å². The standard InChI is InChI=1S/C20H19FN6O/c1-12-6-7-27(26-12)13(2)25-20-16-8-14(17-5-4-15(21)10-22-17)9-18(28-3)19(16)23-11-24-20/h4-11,13H,1-3H3,(H,23,24,25)/t13-/m1/s1. The highest BCUT2D eigenvalue weighted by Crippen LogP contribution is 2.34. The molecule has 28 heavy (non-hydrogen) atoms. The van der Waals surface area contributed by atoms with E-state index in [1.807, 2.05) is 42.9 Å². The molecule has 0 amide bonds. The molecule has 0 fully saturated rings. The van der Waals surface area contributed by atoms with Gasteiger partial charge in [-0.25, -0.2) is 14.4 Å². The number of nitrogens with zero attached hydrogens (tertiary/aromatic N) is 5. The van der Waals surface area contributed by atoms with Gasteiger partial charge in [-0.1, -0.05) is 0 Å². The molecule has 1 N–H and O–H groups in total. The summed E-state index contributed by atoms with van der Waals surface area (Å²) in [5.74, 6) is 0.852. The fourth-order valence-corrected chi connectivity index (χ4v) is 3.01. The summed E-state index contributed by atoms with van der Waals surface area (Å²) >= 11 is 0. The van der Waals surface area contributed by atoms with Crippen molar-refractivity contribution in [3.8, 4) is 17.0 Å². The number of aromatic nitrogens is 5. The summed E-state index contributed by atoms with van der Waals surface area (Å²) in [6, 6.07) is 8.70. The van der Waals surface area contributed by atoms with Crippen LogP contribution in [0.4, 0.5) is 10.2 Å². The molecule has 3 heterocycles. The van der Waals surface area contributed by atoms with Gasteiger partial charge in [-0.3, -0.25) is 9.67 Å². The second kappa shape index (κ2) is 7.22. The molecule has 0 radical (unpaired) electrons. The molecule has 0 aliphatic carbocycles. The number of benzene rings is 1. The Bertz CT molecular complexity index is 1130. The quantitative estimate of drug-likeness (QED) is 0.566. The minimum absolute atomic E-state index is 0.120. The highest BCUT2D eigenvalue weighted by molar-refractivity contribution is 5.96. The van der Waals surface area contributed by atoms with Crippen molar-refractivity contribution >= 4 is 16.7 Å². The zero-order valence-electron chi connectivity index (χ0n) is 15.7. The van der Waals surface area contributed by atoms with Crippen LogP contribution in [0.3, 0.4) is 0 Å². The Morgan fingerprint density at radius 1 is 1.14 bits per heavy atom. The molecule has 0 aliphatic rings. The molecule has 4 aromatic rings. The molecule has 0 saturated heterocycles. The molecule has 8 heteroatoms. The van der Waals surface area contributed by atoms with Gasteiger partial charge < -0.3 is 10.1 Å². The Balaban J connectivity index is 1.80. The highest BCUT2D eigenvalue weighted by Gasteiger charge is 2.15. The molecule has 142 valence electrons. The van der Waals surface area contributed by atoms with Crippen molar-refractivity contribution in [2.75, 3.05) is 12.4 Å². The number of rotatable bonds is 5. The van der Waals surface area contributed by atoms with Gasteiger partial charge in [0.25, 0.3) is 0 Å². The van der Waals surface area contributed by atoms with Crippen molar-refractivity contribution in [1.29, 1.82) is 0 Å². The lowest BCUT2D eigenvalue weighted by atomic mass is 10.1. The molecule has 0 bridgehead atoms. The molecule has 7 nitrogen and oxygen atoms in total. The lowest BCUT2D eigenvalue weighted by Gasteiger charge is -2.17. The molecule has 0 aliphatic heterocycles. The van der Waals surface area contributed by atoms with Gasteiger partial charge >= 0.3 is 0 Å². The molecule has 0 spiro atoms. The largest absolute Gasteiger partial charge is 0.494 e. The fraction of sp³-hybridized carbons (Fsp3) is 0.200. The number of fused-ring (bicyclic) bond motifs is 1. The SMILES string of the molecule is COc1cc(-c2ccc(F)cn2)cc2c(N[C@@H](C)n3ccc(C)n3)ncnc12. The number of halogens is 1. The van der Waals surface area contributed by atoms with Crippen LogP contribution in [0.1, 0.15) is 18.8 Å². The monoisotopic (exact) mass is 378 g/mol. The molecular weight excluding hydrogens is 359 g/mol. The van der Waals surface area contributed by atoms with Crippen molar-refractivity contribution in [2.24, 2.45) is 0 Å². The number of hydrogen-bond donors (Lipinski definition) is 1. The lowest BCUT2D eigenvalue weighted by Crippen LogP contribution is -2.16. The first-order valence-corrected chi connectivity index (χ1v) is 8.78. The summed E-state index contributed by atoms with van der Waals surface area (Å²) in [6.07, 6.45) is 4.47. The normalized spacial score (nSPS) is 12.1. The fourth-order valence-electron chi connectivity index (χ4n) is 3.01. The van der Waals surface area contributed by atoms with Crippen LogP contribution in [0.5, 0.6) is 5.75 Å². The van der Waals surface area contributed by atoms with Crippen LogP contribution in [-0.2, 0) is 0 Å². The van der Waals surface area contributed by atoms with E-state index in [1.165, 1.54) is 18.6 Å². The predicted molar refractivity (Wildman–Crippen MR) is 105 cm³/mol. The minimum Gasteiger partial charge on any atom is -0.494 e. The first kappa shape index (κ1) is 17.8. The molecule has 4 rings (SSSR count). The summed E-state index contributed by atoms with van der Waals surface area (Å²) < 4.78 is 20.6. The molecule has 1 aromatic carbocycles. The first-order valence-electron chi connectivity index (χ1n) is 8.78. The van der Waals surface area contributed by atoms with Crippen LogP contribution < -0.4 is 10.1 Å². The van der Waals surface area contributed by atoms with E-state index < -0.39 is 0 Å². The van der Waals surface area contributed by atoms with E-state index in [-0.39, 0.29) is 12.0 Å².